The fourth-order valence-corrected chi connectivity index (χ4v) is 3.25. The number of nitrogens with zero attached hydrogens (tertiary/aromatic N) is 1. The van der Waals surface area contributed by atoms with Gasteiger partial charge in [0.25, 0.3) is 0 Å². The third-order valence-corrected chi connectivity index (χ3v) is 4.74. The quantitative estimate of drug-likeness (QED) is 0.558. The molecule has 1 aromatic rings. The first-order valence-corrected chi connectivity index (χ1v) is 8.51. The molecule has 0 spiro atoms. The lowest BCUT2D eigenvalue weighted by Crippen LogP contribution is -2.34. The Kier molecular flexibility index (Phi) is 6.98. The van der Waals surface area contributed by atoms with Crippen molar-refractivity contribution in [1.29, 1.82) is 0 Å². The topological polar surface area (TPSA) is 72.6 Å². The molecule has 0 bridgehead atoms. The molecule has 1 aromatic carbocycles. The number of anilines is 1. The van der Waals surface area contributed by atoms with Gasteiger partial charge in [0.2, 0.25) is 10.0 Å². The van der Waals surface area contributed by atoms with Crippen molar-refractivity contribution in [2.75, 3.05) is 31.2 Å². The Bertz CT molecular complexity index is 503. The molecule has 0 aliphatic carbocycles. The lowest BCUT2D eigenvalue weighted by molar-refractivity contribution is 0.162. The molecule has 0 aliphatic heterocycles. The van der Waals surface area contributed by atoms with Crippen molar-refractivity contribution in [1.82, 2.24) is 4.31 Å². The highest BCUT2D eigenvalue weighted by molar-refractivity contribution is 7.89. The van der Waals surface area contributed by atoms with Gasteiger partial charge in [0.1, 0.15) is 0 Å². The van der Waals surface area contributed by atoms with Gasteiger partial charge in [-0.25, -0.2) is 8.42 Å². The predicted octanol–water partition coefficient (Wildman–Crippen LogP) is 1.85. The molecular weight excluding hydrogens is 276 g/mol. The van der Waals surface area contributed by atoms with Crippen LogP contribution in [0.3, 0.4) is 0 Å². The summed E-state index contributed by atoms with van der Waals surface area (Å²) in [6.07, 6.45) is 0.764. The van der Waals surface area contributed by atoms with Gasteiger partial charge in [-0.1, -0.05) is 25.1 Å². The Morgan fingerprint density at radius 1 is 1.25 bits per heavy atom. The maximum absolute atomic E-state index is 12.3. The third-order valence-electron chi connectivity index (χ3n) is 2.96. The van der Waals surface area contributed by atoms with Crippen LogP contribution in [0.5, 0.6) is 0 Å². The van der Waals surface area contributed by atoms with Crippen LogP contribution in [0.25, 0.3) is 0 Å². The lowest BCUT2D eigenvalue weighted by atomic mass is 10.2. The fourth-order valence-electron chi connectivity index (χ4n) is 1.87. The number of benzene rings is 1. The van der Waals surface area contributed by atoms with Crippen molar-refractivity contribution in [3.05, 3.63) is 29.8 Å². The number of hydrogen-bond acceptors (Lipinski definition) is 4. The number of para-hydroxylation sites is 1. The van der Waals surface area contributed by atoms with Crippen molar-refractivity contribution in [3.63, 3.8) is 0 Å². The van der Waals surface area contributed by atoms with Crippen molar-refractivity contribution >= 4 is 15.7 Å². The van der Waals surface area contributed by atoms with E-state index in [0.29, 0.717) is 25.4 Å². The van der Waals surface area contributed by atoms with Crippen molar-refractivity contribution in [3.8, 4) is 0 Å². The minimum absolute atomic E-state index is 0.00752. The SMILES string of the molecule is CCCN(Cc1ccccc1N)S(=O)(=O)CCOCC. The molecule has 0 aliphatic rings. The summed E-state index contributed by atoms with van der Waals surface area (Å²) in [6.45, 7) is 5.36. The molecule has 0 heterocycles. The van der Waals surface area contributed by atoms with Gasteiger partial charge in [-0.2, -0.15) is 4.31 Å². The molecule has 0 aromatic heterocycles. The fraction of sp³-hybridized carbons (Fsp3) is 0.571. The van der Waals surface area contributed by atoms with E-state index in [-0.39, 0.29) is 12.4 Å². The molecule has 0 saturated carbocycles. The molecule has 6 heteroatoms. The summed E-state index contributed by atoms with van der Waals surface area (Å²) < 4.78 is 31.3. The third kappa shape index (κ3) is 5.11. The normalized spacial score (nSPS) is 11.9. The molecule has 0 atom stereocenters. The molecule has 1 rings (SSSR count). The summed E-state index contributed by atoms with van der Waals surface area (Å²) in [6, 6.07) is 7.34. The number of hydrogen-bond donors (Lipinski definition) is 1. The largest absolute Gasteiger partial charge is 0.398 e. The highest BCUT2D eigenvalue weighted by atomic mass is 32.2. The van der Waals surface area contributed by atoms with E-state index in [4.69, 9.17) is 10.5 Å². The summed E-state index contributed by atoms with van der Waals surface area (Å²) in [5.41, 5.74) is 7.34. The van der Waals surface area contributed by atoms with E-state index >= 15 is 0 Å². The maximum atomic E-state index is 12.3. The van der Waals surface area contributed by atoms with Crippen LogP contribution in [0, 0.1) is 0 Å². The Balaban J connectivity index is 2.80. The predicted molar refractivity (Wildman–Crippen MR) is 81.8 cm³/mol. The van der Waals surface area contributed by atoms with Crippen molar-refractivity contribution in [2.45, 2.75) is 26.8 Å². The summed E-state index contributed by atoms with van der Waals surface area (Å²) in [5.74, 6) is 0.00752. The minimum Gasteiger partial charge on any atom is -0.398 e. The van der Waals surface area contributed by atoms with E-state index in [1.807, 2.05) is 32.0 Å². The molecule has 0 unspecified atom stereocenters. The number of nitrogens with two attached hydrogens (primary N) is 1. The van der Waals surface area contributed by atoms with Crippen molar-refractivity contribution < 1.29 is 13.2 Å². The zero-order chi connectivity index (χ0) is 15.0. The number of rotatable bonds is 9. The lowest BCUT2D eigenvalue weighted by Gasteiger charge is -2.22. The molecular formula is C14H24N2O3S. The molecule has 5 nitrogen and oxygen atoms in total. The van der Waals surface area contributed by atoms with E-state index in [9.17, 15) is 8.42 Å². The van der Waals surface area contributed by atoms with Crippen LogP contribution in [-0.2, 0) is 21.3 Å². The molecule has 0 radical (unpaired) electrons. The van der Waals surface area contributed by atoms with Gasteiger partial charge in [-0.15, -0.1) is 0 Å². The average molecular weight is 300 g/mol. The van der Waals surface area contributed by atoms with Gasteiger partial charge in [-0.3, -0.25) is 0 Å². The molecule has 0 fully saturated rings. The van der Waals surface area contributed by atoms with Gasteiger partial charge < -0.3 is 10.5 Å². The van der Waals surface area contributed by atoms with Crippen LogP contribution in [0.15, 0.2) is 24.3 Å². The minimum atomic E-state index is -3.32. The van der Waals surface area contributed by atoms with Crippen LogP contribution in [0.1, 0.15) is 25.8 Å². The van der Waals surface area contributed by atoms with Crippen LogP contribution >= 0.6 is 0 Å². The first kappa shape index (κ1) is 16.9. The van der Waals surface area contributed by atoms with E-state index in [1.54, 1.807) is 6.07 Å². The first-order valence-electron chi connectivity index (χ1n) is 6.90. The number of ether oxygens (including phenoxy) is 1. The Morgan fingerprint density at radius 3 is 2.55 bits per heavy atom. The summed E-state index contributed by atoms with van der Waals surface area (Å²) in [7, 11) is -3.32. The van der Waals surface area contributed by atoms with Gasteiger partial charge in [0.05, 0.1) is 12.4 Å². The van der Waals surface area contributed by atoms with Crippen LogP contribution < -0.4 is 5.73 Å². The Morgan fingerprint density at radius 2 is 1.95 bits per heavy atom. The van der Waals surface area contributed by atoms with Gasteiger partial charge in [-0.05, 0) is 25.0 Å². The van der Waals surface area contributed by atoms with Crippen molar-refractivity contribution in [2.24, 2.45) is 0 Å². The summed E-state index contributed by atoms with van der Waals surface area (Å²) >= 11 is 0. The second-order valence-electron chi connectivity index (χ2n) is 4.55. The Hall–Kier alpha value is -1.11. The highest BCUT2D eigenvalue weighted by Gasteiger charge is 2.21. The molecule has 0 saturated heterocycles. The number of nitrogen functional groups attached to an aromatic ring is 1. The van der Waals surface area contributed by atoms with E-state index in [0.717, 1.165) is 12.0 Å². The second kappa shape index (κ2) is 8.24. The second-order valence-corrected chi connectivity index (χ2v) is 6.63. The first-order chi connectivity index (χ1) is 9.51. The van der Waals surface area contributed by atoms with E-state index < -0.39 is 10.0 Å². The van der Waals surface area contributed by atoms with Gasteiger partial charge in [0.15, 0.2) is 0 Å². The highest BCUT2D eigenvalue weighted by Crippen LogP contribution is 2.16. The van der Waals surface area contributed by atoms with Crippen LogP contribution in [0.2, 0.25) is 0 Å². The van der Waals surface area contributed by atoms with Gasteiger partial charge in [0, 0.05) is 25.4 Å². The molecule has 0 amide bonds. The molecule has 20 heavy (non-hydrogen) atoms. The van der Waals surface area contributed by atoms with Crippen LogP contribution in [-0.4, -0.2) is 38.2 Å². The number of sulfonamides is 1. The monoisotopic (exact) mass is 300 g/mol. The summed E-state index contributed by atoms with van der Waals surface area (Å²) in [5, 5.41) is 0. The standard InChI is InChI=1S/C14H24N2O3S/c1-3-9-16(20(17,18)11-10-19-4-2)12-13-7-5-6-8-14(13)15/h5-8H,3-4,9-12,15H2,1-2H3. The molecule has 114 valence electrons. The molecule has 2 N–H and O–H groups in total. The smallest absolute Gasteiger partial charge is 0.216 e. The van der Waals surface area contributed by atoms with Gasteiger partial charge >= 0.3 is 0 Å². The Labute approximate surface area is 121 Å². The van der Waals surface area contributed by atoms with E-state index in [2.05, 4.69) is 0 Å². The van der Waals surface area contributed by atoms with E-state index in [1.165, 1.54) is 4.31 Å². The average Bonchev–Trinajstić information content (AvgIpc) is 2.40. The zero-order valence-electron chi connectivity index (χ0n) is 12.2. The zero-order valence-corrected chi connectivity index (χ0v) is 13.0. The summed E-state index contributed by atoms with van der Waals surface area (Å²) in [4.78, 5) is 0. The van der Waals surface area contributed by atoms with Crippen LogP contribution in [0.4, 0.5) is 5.69 Å². The maximum Gasteiger partial charge on any atom is 0.216 e.